The van der Waals surface area contributed by atoms with Gasteiger partial charge in [0.1, 0.15) is 5.75 Å². The van der Waals surface area contributed by atoms with Gasteiger partial charge in [-0.1, -0.05) is 12.1 Å². The van der Waals surface area contributed by atoms with Crippen molar-refractivity contribution < 1.29 is 25.2 Å². The molecule has 1 amide bonds. The molecule has 19 heavy (non-hydrogen) atoms. The first kappa shape index (κ1) is 15.3. The Morgan fingerprint density at radius 2 is 1.95 bits per heavy atom. The summed E-state index contributed by atoms with van der Waals surface area (Å²) in [4.78, 5) is 10.7. The molecule has 0 aromatic heterocycles. The van der Waals surface area contributed by atoms with Gasteiger partial charge in [0.05, 0.1) is 18.8 Å². The van der Waals surface area contributed by atoms with Crippen molar-refractivity contribution in [3.63, 3.8) is 0 Å². The summed E-state index contributed by atoms with van der Waals surface area (Å²) in [5, 5.41) is 38.8. The minimum atomic E-state index is -1.29. The third kappa shape index (κ3) is 4.11. The molecule has 0 aliphatic rings. The molecule has 5 N–H and O–H groups in total. The zero-order valence-electron chi connectivity index (χ0n) is 10.8. The number of nitrogens with one attached hydrogen (secondary N) is 1. The van der Waals surface area contributed by atoms with Crippen molar-refractivity contribution in [2.75, 3.05) is 13.2 Å². The summed E-state index contributed by atoms with van der Waals surface area (Å²) in [6.45, 7) is 0.805. The van der Waals surface area contributed by atoms with Crippen molar-refractivity contribution in [2.45, 2.75) is 25.3 Å². The van der Waals surface area contributed by atoms with E-state index < -0.39 is 24.8 Å². The Hall–Kier alpha value is -1.79. The lowest BCUT2D eigenvalue weighted by molar-refractivity contribution is 0.0805. The Kier molecular flexibility index (Phi) is 5.14. The molecule has 1 rings (SSSR count). The van der Waals surface area contributed by atoms with Gasteiger partial charge < -0.3 is 25.7 Å². The highest BCUT2D eigenvalue weighted by atomic mass is 16.4. The summed E-state index contributed by atoms with van der Waals surface area (Å²) in [5.74, 6) is 0.197. The van der Waals surface area contributed by atoms with Gasteiger partial charge in [0.25, 0.3) is 0 Å². The number of carbonyl (C=O) groups is 1. The summed E-state index contributed by atoms with van der Waals surface area (Å²) in [6.07, 6.45) is -0.552. The molecule has 0 fully saturated rings. The number of hydrogen-bond donors (Lipinski definition) is 5. The van der Waals surface area contributed by atoms with E-state index in [-0.39, 0.29) is 12.2 Å². The van der Waals surface area contributed by atoms with Crippen LogP contribution in [0.1, 0.15) is 17.5 Å². The first-order valence-electron chi connectivity index (χ1n) is 5.94. The van der Waals surface area contributed by atoms with Crippen LogP contribution in [-0.4, -0.2) is 45.3 Å². The molecule has 1 aromatic carbocycles. The van der Waals surface area contributed by atoms with Crippen molar-refractivity contribution >= 4 is 6.09 Å². The Labute approximate surface area is 111 Å². The molecule has 0 bridgehead atoms. The van der Waals surface area contributed by atoms with E-state index in [4.69, 9.17) is 5.11 Å². The molecule has 0 spiro atoms. The zero-order valence-corrected chi connectivity index (χ0v) is 10.8. The van der Waals surface area contributed by atoms with Crippen molar-refractivity contribution in [3.05, 3.63) is 29.3 Å². The molecule has 1 aromatic rings. The number of carboxylic acid groups (broad SMARTS) is 1. The molecule has 6 nitrogen and oxygen atoms in total. The van der Waals surface area contributed by atoms with E-state index in [1.165, 1.54) is 0 Å². The highest BCUT2D eigenvalue weighted by molar-refractivity contribution is 5.65. The number of aromatic hydroxyl groups is 1. The summed E-state index contributed by atoms with van der Waals surface area (Å²) in [7, 11) is 0. The van der Waals surface area contributed by atoms with Gasteiger partial charge >= 0.3 is 6.09 Å². The van der Waals surface area contributed by atoms with Crippen LogP contribution in [0.2, 0.25) is 0 Å². The third-order valence-corrected chi connectivity index (χ3v) is 3.13. The number of rotatable bonds is 6. The molecule has 0 heterocycles. The van der Waals surface area contributed by atoms with Gasteiger partial charge in [-0.15, -0.1) is 0 Å². The fraction of sp³-hybridized carbons (Fsp3) is 0.462. The SMILES string of the molecule is Cc1cc(CCC(CO)(CO)NC(=O)O)ccc1O. The van der Waals surface area contributed by atoms with Crippen LogP contribution in [0.15, 0.2) is 18.2 Å². The Morgan fingerprint density at radius 1 is 1.32 bits per heavy atom. The quantitative estimate of drug-likeness (QED) is 0.520. The lowest BCUT2D eigenvalue weighted by atomic mass is 9.92. The molecule has 0 atom stereocenters. The van der Waals surface area contributed by atoms with Gasteiger partial charge in [0.15, 0.2) is 0 Å². The van der Waals surface area contributed by atoms with Gasteiger partial charge in [-0.2, -0.15) is 0 Å². The van der Waals surface area contributed by atoms with Crippen LogP contribution in [0.25, 0.3) is 0 Å². The number of phenols is 1. The zero-order chi connectivity index (χ0) is 14.5. The van der Waals surface area contributed by atoms with Gasteiger partial charge in [-0.25, -0.2) is 4.79 Å². The fourth-order valence-corrected chi connectivity index (χ4v) is 1.83. The summed E-state index contributed by atoms with van der Waals surface area (Å²) in [5.41, 5.74) is 0.369. The second kappa shape index (κ2) is 6.40. The first-order valence-corrected chi connectivity index (χ1v) is 5.94. The maximum atomic E-state index is 10.7. The van der Waals surface area contributed by atoms with Gasteiger partial charge in [-0.05, 0) is 37.0 Å². The number of amides is 1. The number of benzene rings is 1. The van der Waals surface area contributed by atoms with Crippen LogP contribution < -0.4 is 5.32 Å². The fourth-order valence-electron chi connectivity index (χ4n) is 1.83. The standard InChI is InChI=1S/C13H19NO5/c1-9-6-10(2-3-11(9)17)4-5-13(7-15,8-16)14-12(18)19/h2-3,6,14-17H,4-5,7-8H2,1H3,(H,18,19). The maximum absolute atomic E-state index is 10.7. The Morgan fingerprint density at radius 3 is 2.42 bits per heavy atom. The molecular weight excluding hydrogens is 250 g/mol. The summed E-state index contributed by atoms with van der Waals surface area (Å²) < 4.78 is 0. The molecule has 0 aliphatic carbocycles. The average molecular weight is 269 g/mol. The van der Waals surface area contributed by atoms with Crippen LogP contribution in [-0.2, 0) is 6.42 Å². The predicted molar refractivity (Wildman–Crippen MR) is 69.2 cm³/mol. The topological polar surface area (TPSA) is 110 Å². The molecule has 0 unspecified atom stereocenters. The minimum Gasteiger partial charge on any atom is -0.508 e. The van der Waals surface area contributed by atoms with E-state index >= 15 is 0 Å². The van der Waals surface area contributed by atoms with Crippen LogP contribution in [0.3, 0.4) is 0 Å². The smallest absolute Gasteiger partial charge is 0.405 e. The lowest BCUT2D eigenvalue weighted by Crippen LogP contribution is -2.54. The molecule has 0 saturated carbocycles. The first-order chi connectivity index (χ1) is 8.92. The number of aryl methyl sites for hydroxylation is 2. The van der Waals surface area contributed by atoms with E-state index in [1.54, 1.807) is 25.1 Å². The van der Waals surface area contributed by atoms with Crippen LogP contribution in [0.5, 0.6) is 5.75 Å². The van der Waals surface area contributed by atoms with E-state index in [2.05, 4.69) is 5.32 Å². The van der Waals surface area contributed by atoms with Gasteiger partial charge in [-0.3, -0.25) is 0 Å². The molecule has 0 aliphatic heterocycles. The maximum Gasteiger partial charge on any atom is 0.405 e. The minimum absolute atomic E-state index is 0.197. The second-order valence-corrected chi connectivity index (χ2v) is 4.65. The van der Waals surface area contributed by atoms with Crippen molar-refractivity contribution in [1.29, 1.82) is 0 Å². The van der Waals surface area contributed by atoms with E-state index in [9.17, 15) is 20.1 Å². The molecular formula is C13H19NO5. The van der Waals surface area contributed by atoms with E-state index in [0.29, 0.717) is 6.42 Å². The van der Waals surface area contributed by atoms with Crippen molar-refractivity contribution in [3.8, 4) is 5.75 Å². The number of hydrogen-bond acceptors (Lipinski definition) is 4. The molecule has 0 radical (unpaired) electrons. The molecule has 106 valence electrons. The molecule has 0 saturated heterocycles. The predicted octanol–water partition coefficient (Wildman–Crippen LogP) is 0.624. The van der Waals surface area contributed by atoms with Gasteiger partial charge in [0.2, 0.25) is 0 Å². The summed E-state index contributed by atoms with van der Waals surface area (Å²) in [6, 6.07) is 5.08. The number of phenolic OH excluding ortho intramolecular Hbond substituents is 1. The van der Waals surface area contributed by atoms with Crippen molar-refractivity contribution in [1.82, 2.24) is 5.32 Å². The molecule has 6 heteroatoms. The highest BCUT2D eigenvalue weighted by Crippen LogP contribution is 2.20. The van der Waals surface area contributed by atoms with Crippen LogP contribution in [0.4, 0.5) is 4.79 Å². The number of aliphatic hydroxyl groups excluding tert-OH is 2. The normalized spacial score (nSPS) is 11.3. The lowest BCUT2D eigenvalue weighted by Gasteiger charge is -2.29. The Bertz CT molecular complexity index is 443. The average Bonchev–Trinajstić information content (AvgIpc) is 2.38. The highest BCUT2D eigenvalue weighted by Gasteiger charge is 2.30. The van der Waals surface area contributed by atoms with Crippen LogP contribution >= 0.6 is 0 Å². The third-order valence-electron chi connectivity index (χ3n) is 3.13. The number of aliphatic hydroxyl groups is 2. The van der Waals surface area contributed by atoms with E-state index in [0.717, 1.165) is 11.1 Å². The van der Waals surface area contributed by atoms with Crippen LogP contribution in [0, 0.1) is 6.92 Å². The monoisotopic (exact) mass is 269 g/mol. The Balaban J connectivity index is 2.75. The van der Waals surface area contributed by atoms with E-state index in [1.807, 2.05) is 0 Å². The largest absolute Gasteiger partial charge is 0.508 e. The second-order valence-electron chi connectivity index (χ2n) is 4.65. The van der Waals surface area contributed by atoms with Crippen molar-refractivity contribution in [2.24, 2.45) is 0 Å². The summed E-state index contributed by atoms with van der Waals surface area (Å²) >= 11 is 0. The van der Waals surface area contributed by atoms with Gasteiger partial charge in [0, 0.05) is 0 Å².